The molecular weight excluding hydrogens is 855 g/mol. The van der Waals surface area contributed by atoms with Gasteiger partial charge in [0.15, 0.2) is 11.6 Å². The van der Waals surface area contributed by atoms with Crippen molar-refractivity contribution in [2.24, 2.45) is 9.98 Å². The zero-order valence-electron chi connectivity index (χ0n) is 39.3. The first-order chi connectivity index (χ1) is 30.4. The van der Waals surface area contributed by atoms with Gasteiger partial charge in [0.2, 0.25) is 29.7 Å². The van der Waals surface area contributed by atoms with E-state index in [-0.39, 0.29) is 82.5 Å². The predicted octanol–water partition coefficient (Wildman–Crippen LogP) is 0.0102. The van der Waals surface area contributed by atoms with Gasteiger partial charge >= 0.3 is 11.9 Å². The van der Waals surface area contributed by atoms with Crippen molar-refractivity contribution in [2.45, 2.75) is 150 Å². The van der Waals surface area contributed by atoms with E-state index < -0.39 is 77.9 Å². The molecule has 0 radical (unpaired) electrons. The molecule has 2 rings (SSSR count). The predicted molar refractivity (Wildman–Crippen MR) is 230 cm³/mol. The molecule has 0 atom stereocenters. The molecule has 22 nitrogen and oxygen atoms in total. The molecule has 0 aromatic heterocycles. The van der Waals surface area contributed by atoms with Crippen molar-refractivity contribution >= 4 is 65.2 Å². The Morgan fingerprint density at radius 1 is 0.662 bits per heavy atom. The summed E-state index contributed by atoms with van der Waals surface area (Å²) in [6.07, 6.45) is 2.88. The summed E-state index contributed by atoms with van der Waals surface area (Å²) in [6, 6.07) is 0. The monoisotopic (exact) mass is 923 g/mol. The van der Waals surface area contributed by atoms with E-state index in [0.717, 1.165) is 48.5 Å². The molecule has 0 aromatic carbocycles. The third-order valence-corrected chi connectivity index (χ3v) is 8.83. The standard InChI is InChI=1S/C22H42N4O5.C21H29N3O10/c1-6-8-10-13-23-18(27)16-26(17-19(28)24-14-11-9-7-2)20(29)12-15-25-21(30)31-22(3,4)5;1-21(2,3)33-20(31)22-9-8-15(27)23(12-18(30)34-24-10-4-5-16(24)28)11-17(29)32-19-13(25)6-7-14(19)26/h6-17H2,1-5H3,(H,23,27)(H,24,28)(H,25,30);19H,4-12H2,1-3H3,(H,22,31)/p-2. The van der Waals surface area contributed by atoms with Gasteiger partial charge in [0.05, 0.1) is 6.54 Å². The normalized spacial score (nSPS) is 14.6. The maximum atomic E-state index is 12.6. The Morgan fingerprint density at radius 2 is 1.09 bits per heavy atom. The van der Waals surface area contributed by atoms with Gasteiger partial charge in [0.1, 0.15) is 38.3 Å². The first-order valence-corrected chi connectivity index (χ1v) is 22.1. The van der Waals surface area contributed by atoms with Crippen LogP contribution in [0.1, 0.15) is 132 Å². The molecule has 1 heterocycles. The smallest absolute Gasteiger partial charge is 0.351 e. The Hall–Kier alpha value is -5.83. The molecule has 5 amide bonds. The second-order valence-electron chi connectivity index (χ2n) is 17.2. The lowest BCUT2D eigenvalue weighted by Crippen LogP contribution is -2.46. The molecule has 2 fully saturated rings. The van der Waals surface area contributed by atoms with Crippen LogP contribution in [0.5, 0.6) is 0 Å². The van der Waals surface area contributed by atoms with E-state index >= 15 is 0 Å². The Kier molecular flexibility index (Phi) is 26.0. The van der Waals surface area contributed by atoms with Crippen LogP contribution in [0, 0.1) is 0 Å². The summed E-state index contributed by atoms with van der Waals surface area (Å²) in [4.78, 5) is 123. The molecule has 2 N–H and O–H groups in total. The van der Waals surface area contributed by atoms with E-state index in [4.69, 9.17) is 19.0 Å². The number of aliphatic imine (C=N–C) groups is 2. The quantitative estimate of drug-likeness (QED) is 0.0424. The number of nitrogens with zero attached hydrogens (tertiary/aromatic N) is 5. The summed E-state index contributed by atoms with van der Waals surface area (Å²) < 4.78 is 15.0. The van der Waals surface area contributed by atoms with Crippen LogP contribution in [0.25, 0.3) is 0 Å². The second kappa shape index (κ2) is 29.6. The van der Waals surface area contributed by atoms with E-state index in [1.54, 1.807) is 41.5 Å². The molecule has 0 aromatic rings. The van der Waals surface area contributed by atoms with E-state index in [9.17, 15) is 53.4 Å². The van der Waals surface area contributed by atoms with Crippen LogP contribution >= 0.6 is 0 Å². The summed E-state index contributed by atoms with van der Waals surface area (Å²) in [7, 11) is 0. The number of nitrogens with one attached hydrogen (secondary N) is 2. The number of hydrogen-bond acceptors (Lipinski definition) is 17. The number of ether oxygens (including phenoxy) is 3. The Morgan fingerprint density at radius 3 is 1.49 bits per heavy atom. The highest BCUT2D eigenvalue weighted by molar-refractivity contribution is 6.12. The minimum Gasteiger partial charge on any atom is -0.595 e. The van der Waals surface area contributed by atoms with Crippen molar-refractivity contribution < 1.29 is 72.4 Å². The van der Waals surface area contributed by atoms with Crippen LogP contribution in [0.3, 0.4) is 0 Å². The van der Waals surface area contributed by atoms with Crippen LogP contribution in [-0.2, 0) is 62.2 Å². The molecule has 368 valence electrons. The molecule has 22 heteroatoms. The molecule has 0 bridgehead atoms. The van der Waals surface area contributed by atoms with Gasteiger partial charge in [-0.15, -0.1) is 0 Å². The van der Waals surface area contributed by atoms with E-state index in [1.165, 1.54) is 4.90 Å². The molecular formula is C43H69N7O15-2. The first-order valence-electron chi connectivity index (χ1n) is 22.1. The average molecular weight is 924 g/mol. The number of Topliss-reactive ketones (excluding diaryl/α,β-unsaturated/α-hetero) is 2. The highest BCUT2D eigenvalue weighted by Gasteiger charge is 2.37. The van der Waals surface area contributed by atoms with Gasteiger partial charge in [-0.3, -0.25) is 48.3 Å². The van der Waals surface area contributed by atoms with Crippen LogP contribution in [0.2, 0.25) is 0 Å². The van der Waals surface area contributed by atoms with Gasteiger partial charge in [-0.2, -0.15) is 5.06 Å². The van der Waals surface area contributed by atoms with E-state index in [2.05, 4.69) is 34.5 Å². The Balaban J connectivity index is 0.000000654. The highest BCUT2D eigenvalue weighted by atomic mass is 16.7. The van der Waals surface area contributed by atoms with Gasteiger partial charge in [-0.1, -0.05) is 81.1 Å². The Bertz CT molecular complexity index is 1650. The van der Waals surface area contributed by atoms with Crippen molar-refractivity contribution in [2.75, 3.05) is 58.9 Å². The number of carbonyl (C=O) groups excluding carboxylic acids is 9. The minimum atomic E-state index is -1.53. The molecule has 0 spiro atoms. The largest absolute Gasteiger partial charge is 0.595 e. The number of hydrogen-bond donors (Lipinski definition) is 2. The zero-order valence-corrected chi connectivity index (χ0v) is 39.3. The molecule has 1 aliphatic carbocycles. The lowest BCUT2D eigenvalue weighted by molar-refractivity contribution is -0.261. The second-order valence-corrected chi connectivity index (χ2v) is 17.2. The van der Waals surface area contributed by atoms with Crippen molar-refractivity contribution in [3.8, 4) is 0 Å². The van der Waals surface area contributed by atoms with Gasteiger partial charge < -0.3 is 49.7 Å². The fraction of sp³-hybridized carbons (Fsp3) is 0.744. The van der Waals surface area contributed by atoms with Gasteiger partial charge in [-0.25, -0.2) is 4.79 Å². The molecule has 2 aliphatic rings. The van der Waals surface area contributed by atoms with Crippen LogP contribution in [0.4, 0.5) is 0 Å². The number of unbranched alkanes of at least 4 members (excludes halogenated alkanes) is 4. The van der Waals surface area contributed by atoms with E-state index in [1.807, 2.05) is 0 Å². The van der Waals surface area contributed by atoms with Gasteiger partial charge in [0.25, 0.3) is 5.91 Å². The molecule has 1 aliphatic heterocycles. The SMILES string of the molecule is CC(C)(C)OC([O-])=NCCC(=O)N(CC(=O)OC1C(=O)CCC1=O)CC(=O)ON1CCCC1=O.CCCCCNC(=O)CN(CC(=O)NCCCCC)C(=O)CCN=C([O-])OC(C)(C)C. The number of hydroxylamine groups is 2. The van der Waals surface area contributed by atoms with E-state index in [0.29, 0.717) is 19.5 Å². The number of carbonyl (C=O) groups is 9. The molecule has 1 saturated carbocycles. The van der Waals surface area contributed by atoms with Crippen LogP contribution in [0.15, 0.2) is 9.98 Å². The van der Waals surface area contributed by atoms with Crippen molar-refractivity contribution in [1.29, 1.82) is 0 Å². The number of esters is 1. The number of amides is 5. The minimum absolute atomic E-state index is 0.0399. The Labute approximate surface area is 381 Å². The highest BCUT2D eigenvalue weighted by Crippen LogP contribution is 2.15. The average Bonchev–Trinajstić information content (AvgIpc) is 3.74. The fourth-order valence-corrected chi connectivity index (χ4v) is 5.69. The first kappa shape index (κ1) is 57.2. The summed E-state index contributed by atoms with van der Waals surface area (Å²) in [5.41, 5.74) is -1.44. The van der Waals surface area contributed by atoms with Crippen LogP contribution < -0.4 is 20.8 Å². The van der Waals surface area contributed by atoms with Crippen LogP contribution in [-0.4, -0.2) is 156 Å². The number of rotatable bonds is 24. The maximum Gasteiger partial charge on any atom is 0.351 e. The van der Waals surface area contributed by atoms with Gasteiger partial charge in [-0.05, 0) is 19.3 Å². The molecule has 65 heavy (non-hydrogen) atoms. The summed E-state index contributed by atoms with van der Waals surface area (Å²) >= 11 is 0. The maximum absolute atomic E-state index is 12.6. The van der Waals surface area contributed by atoms with Crippen molar-refractivity contribution in [3.63, 3.8) is 0 Å². The fourth-order valence-electron chi connectivity index (χ4n) is 5.69. The number of ketones is 2. The third kappa shape index (κ3) is 26.5. The lowest BCUT2D eigenvalue weighted by atomic mass is 10.2. The van der Waals surface area contributed by atoms with Crippen molar-refractivity contribution in [3.05, 3.63) is 0 Å². The molecule has 0 unspecified atom stereocenters. The summed E-state index contributed by atoms with van der Waals surface area (Å²) in [5.74, 6) is -5.32. The lowest BCUT2D eigenvalue weighted by Gasteiger charge is -2.29. The zero-order chi connectivity index (χ0) is 49.2. The topological polar surface area (TPSA) is 295 Å². The summed E-state index contributed by atoms with van der Waals surface area (Å²) in [6.45, 7) is 13.3. The van der Waals surface area contributed by atoms with Gasteiger partial charge in [0, 0.05) is 69.5 Å². The summed E-state index contributed by atoms with van der Waals surface area (Å²) in [5, 5.41) is 29.8. The van der Waals surface area contributed by atoms with Crippen molar-refractivity contribution in [1.82, 2.24) is 25.5 Å². The molecule has 1 saturated heterocycles. The third-order valence-electron chi connectivity index (χ3n) is 8.83.